The number of carbonyl (C=O) groups is 1. The molecule has 0 amide bonds. The molecule has 1 aliphatic heterocycles. The lowest BCUT2D eigenvalue weighted by atomic mass is 10.1. The predicted molar refractivity (Wildman–Crippen MR) is 78.4 cm³/mol. The van der Waals surface area contributed by atoms with E-state index in [0.29, 0.717) is 13.0 Å². The molecule has 0 saturated carbocycles. The van der Waals surface area contributed by atoms with E-state index < -0.39 is 5.79 Å². The summed E-state index contributed by atoms with van der Waals surface area (Å²) in [5, 5.41) is 0. The highest BCUT2D eigenvalue weighted by atomic mass is 16.7. The van der Waals surface area contributed by atoms with Crippen LogP contribution in [0.1, 0.15) is 59.8 Å². The molecule has 0 bridgehead atoms. The average molecular weight is 284 g/mol. The van der Waals surface area contributed by atoms with Gasteiger partial charge in [-0.15, -0.1) is 0 Å². The van der Waals surface area contributed by atoms with Crippen molar-refractivity contribution in [2.45, 2.75) is 77.8 Å². The lowest BCUT2D eigenvalue weighted by Crippen LogP contribution is -2.33. The van der Waals surface area contributed by atoms with E-state index in [2.05, 4.69) is 19.1 Å². The van der Waals surface area contributed by atoms with Gasteiger partial charge in [0.2, 0.25) is 0 Å². The monoisotopic (exact) mass is 284 g/mol. The van der Waals surface area contributed by atoms with Crippen molar-refractivity contribution in [2.75, 3.05) is 6.61 Å². The number of esters is 1. The summed E-state index contributed by atoms with van der Waals surface area (Å²) in [4.78, 5) is 11.2. The molecule has 2 atom stereocenters. The largest absolute Gasteiger partial charge is 0.459 e. The van der Waals surface area contributed by atoms with Crippen molar-refractivity contribution in [1.29, 1.82) is 0 Å². The minimum absolute atomic E-state index is 0.186. The molecule has 1 saturated heterocycles. The molecular formula is C16H28O4. The van der Waals surface area contributed by atoms with Gasteiger partial charge in [-0.3, -0.25) is 4.79 Å². The van der Waals surface area contributed by atoms with Crippen LogP contribution in [0, 0.1) is 0 Å². The zero-order chi connectivity index (χ0) is 15.0. The van der Waals surface area contributed by atoms with Crippen LogP contribution in [0.4, 0.5) is 0 Å². The average Bonchev–Trinajstić information content (AvgIpc) is 2.72. The Balaban J connectivity index is 2.42. The maximum atomic E-state index is 11.2. The van der Waals surface area contributed by atoms with E-state index in [-0.39, 0.29) is 18.2 Å². The number of ether oxygens (including phenoxy) is 3. The zero-order valence-corrected chi connectivity index (χ0v) is 13.2. The molecule has 0 aromatic heterocycles. The summed E-state index contributed by atoms with van der Waals surface area (Å²) in [7, 11) is 0. The van der Waals surface area contributed by atoms with E-state index in [9.17, 15) is 4.79 Å². The summed E-state index contributed by atoms with van der Waals surface area (Å²) in [6, 6.07) is 0. The molecule has 0 radical (unpaired) electrons. The predicted octanol–water partition coefficient (Wildman–Crippen LogP) is 3.60. The lowest BCUT2D eigenvalue weighted by Gasteiger charge is -2.23. The second-order valence-corrected chi connectivity index (χ2v) is 5.72. The fraction of sp³-hybridized carbons (Fsp3) is 0.812. The van der Waals surface area contributed by atoms with Crippen molar-refractivity contribution >= 4 is 5.97 Å². The Labute approximate surface area is 122 Å². The van der Waals surface area contributed by atoms with Crippen LogP contribution in [0.5, 0.6) is 0 Å². The van der Waals surface area contributed by atoms with Crippen molar-refractivity contribution in [3.63, 3.8) is 0 Å². The van der Waals surface area contributed by atoms with Gasteiger partial charge in [0.25, 0.3) is 0 Å². The zero-order valence-electron chi connectivity index (χ0n) is 13.2. The minimum atomic E-state index is -0.589. The molecule has 0 N–H and O–H groups in total. The second-order valence-electron chi connectivity index (χ2n) is 5.72. The van der Waals surface area contributed by atoms with E-state index >= 15 is 0 Å². The number of carbonyl (C=O) groups excluding carboxylic acids is 1. The summed E-state index contributed by atoms with van der Waals surface area (Å²) >= 11 is 0. The molecule has 0 unspecified atom stereocenters. The van der Waals surface area contributed by atoms with Crippen LogP contribution in [0.25, 0.3) is 0 Å². The van der Waals surface area contributed by atoms with Gasteiger partial charge in [0.05, 0.1) is 6.61 Å². The second kappa shape index (κ2) is 8.42. The van der Waals surface area contributed by atoms with Crippen LogP contribution in [0.3, 0.4) is 0 Å². The summed E-state index contributed by atoms with van der Waals surface area (Å²) in [5.74, 6) is -0.865. The fourth-order valence-electron chi connectivity index (χ4n) is 2.25. The summed E-state index contributed by atoms with van der Waals surface area (Å²) < 4.78 is 16.7. The van der Waals surface area contributed by atoms with E-state index in [1.54, 1.807) is 0 Å². The van der Waals surface area contributed by atoms with Crippen molar-refractivity contribution in [2.24, 2.45) is 0 Å². The fourth-order valence-corrected chi connectivity index (χ4v) is 2.25. The molecule has 0 aliphatic carbocycles. The molecule has 0 aromatic rings. The van der Waals surface area contributed by atoms with Crippen LogP contribution in [-0.4, -0.2) is 30.6 Å². The minimum Gasteiger partial charge on any atom is -0.459 e. The molecule has 1 fully saturated rings. The summed E-state index contributed by atoms with van der Waals surface area (Å²) in [6.45, 7) is 7.84. The smallest absolute Gasteiger partial charge is 0.303 e. The Kier molecular flexibility index (Phi) is 7.24. The maximum absolute atomic E-state index is 11.2. The number of hydrogen-bond acceptors (Lipinski definition) is 4. The van der Waals surface area contributed by atoms with Gasteiger partial charge in [-0.05, 0) is 26.7 Å². The molecule has 4 heteroatoms. The molecule has 1 heterocycles. The molecule has 0 spiro atoms. The highest BCUT2D eigenvalue weighted by Crippen LogP contribution is 2.26. The molecule has 1 rings (SSSR count). The summed E-state index contributed by atoms with van der Waals surface area (Å²) in [6.07, 6.45) is 9.24. The number of allylic oxidation sites excluding steroid dienone is 1. The van der Waals surface area contributed by atoms with Crippen LogP contribution in [0.2, 0.25) is 0 Å². The van der Waals surface area contributed by atoms with Gasteiger partial charge in [-0.25, -0.2) is 0 Å². The topological polar surface area (TPSA) is 44.8 Å². The molecule has 0 aromatic carbocycles. The van der Waals surface area contributed by atoms with Gasteiger partial charge in [-0.2, -0.15) is 0 Å². The Morgan fingerprint density at radius 2 is 2.15 bits per heavy atom. The van der Waals surface area contributed by atoms with Gasteiger partial charge >= 0.3 is 5.97 Å². The first-order chi connectivity index (χ1) is 9.44. The van der Waals surface area contributed by atoms with E-state index in [1.807, 2.05) is 13.8 Å². The lowest BCUT2D eigenvalue weighted by molar-refractivity contribution is -0.168. The maximum Gasteiger partial charge on any atom is 0.303 e. The molecular weight excluding hydrogens is 256 g/mol. The van der Waals surface area contributed by atoms with E-state index in [1.165, 1.54) is 26.2 Å². The first kappa shape index (κ1) is 17.2. The van der Waals surface area contributed by atoms with Crippen molar-refractivity contribution in [3.8, 4) is 0 Å². The third kappa shape index (κ3) is 6.53. The normalized spacial score (nSPS) is 23.1. The Morgan fingerprint density at radius 1 is 1.40 bits per heavy atom. The van der Waals surface area contributed by atoms with Gasteiger partial charge < -0.3 is 14.2 Å². The Morgan fingerprint density at radius 3 is 2.70 bits per heavy atom. The summed E-state index contributed by atoms with van der Waals surface area (Å²) in [5.41, 5.74) is 0. The quantitative estimate of drug-likeness (QED) is 0.388. The van der Waals surface area contributed by atoms with Crippen LogP contribution >= 0.6 is 0 Å². The molecule has 1 aliphatic rings. The number of rotatable bonds is 8. The molecule has 4 nitrogen and oxygen atoms in total. The highest BCUT2D eigenvalue weighted by molar-refractivity contribution is 5.66. The van der Waals surface area contributed by atoms with Crippen LogP contribution in [0.15, 0.2) is 12.2 Å². The first-order valence-corrected chi connectivity index (χ1v) is 7.58. The van der Waals surface area contributed by atoms with Gasteiger partial charge in [0.1, 0.15) is 12.2 Å². The van der Waals surface area contributed by atoms with Gasteiger partial charge in [0.15, 0.2) is 5.79 Å². The van der Waals surface area contributed by atoms with Crippen LogP contribution < -0.4 is 0 Å². The van der Waals surface area contributed by atoms with Crippen molar-refractivity contribution < 1.29 is 19.0 Å². The first-order valence-electron chi connectivity index (χ1n) is 7.58. The number of unbranched alkanes of at least 4 members (excludes halogenated alkanes) is 3. The Hall–Kier alpha value is -0.870. The third-order valence-corrected chi connectivity index (χ3v) is 3.27. The van der Waals surface area contributed by atoms with E-state index in [4.69, 9.17) is 14.2 Å². The SMILES string of the molecule is CCCCC/C=C/C[C@@H](OC(C)=O)[C@H]1COC(C)(C)O1. The molecule has 116 valence electrons. The van der Waals surface area contributed by atoms with E-state index in [0.717, 1.165) is 6.42 Å². The number of hydrogen-bond donors (Lipinski definition) is 0. The highest BCUT2D eigenvalue weighted by Gasteiger charge is 2.38. The van der Waals surface area contributed by atoms with Crippen molar-refractivity contribution in [3.05, 3.63) is 12.2 Å². The Bertz CT molecular complexity index is 322. The standard InChI is InChI=1S/C16H28O4/c1-5-6-7-8-9-10-11-14(19-13(2)17)15-12-18-16(3,4)20-15/h9-10,14-15H,5-8,11-12H2,1-4H3/b10-9+/t14-,15-/m1/s1. The van der Waals surface area contributed by atoms with Gasteiger partial charge in [0, 0.05) is 13.3 Å². The van der Waals surface area contributed by atoms with Crippen molar-refractivity contribution in [1.82, 2.24) is 0 Å². The third-order valence-electron chi connectivity index (χ3n) is 3.27. The van der Waals surface area contributed by atoms with Gasteiger partial charge in [-0.1, -0.05) is 31.9 Å². The van der Waals surface area contributed by atoms with Crippen LogP contribution in [-0.2, 0) is 19.0 Å². The molecule has 20 heavy (non-hydrogen) atoms.